The summed E-state index contributed by atoms with van der Waals surface area (Å²) in [6, 6.07) is -0.130. The molecule has 1 heterocycles. The molecule has 2 N–H and O–H groups in total. The van der Waals surface area contributed by atoms with Crippen molar-refractivity contribution >= 4 is 5.96 Å². The normalized spacial score (nSPS) is 28.5. The lowest BCUT2D eigenvalue weighted by molar-refractivity contribution is 0.0389. The molecule has 110 valence electrons. The zero-order valence-electron chi connectivity index (χ0n) is 11.2. The van der Waals surface area contributed by atoms with Crippen molar-refractivity contribution in [3.8, 4) is 0 Å². The van der Waals surface area contributed by atoms with Crippen molar-refractivity contribution in [1.82, 2.24) is 15.5 Å². The van der Waals surface area contributed by atoms with Crippen molar-refractivity contribution < 1.29 is 13.5 Å². The highest BCUT2D eigenvalue weighted by Gasteiger charge is 2.44. The third kappa shape index (κ3) is 4.58. The minimum Gasteiger partial charge on any atom is -0.379 e. The molecule has 0 bridgehead atoms. The molecule has 0 aromatic rings. The zero-order chi connectivity index (χ0) is 13.7. The Balaban J connectivity index is 1.60. The van der Waals surface area contributed by atoms with Gasteiger partial charge in [0.1, 0.15) is 0 Å². The van der Waals surface area contributed by atoms with Crippen LogP contribution < -0.4 is 10.6 Å². The van der Waals surface area contributed by atoms with Gasteiger partial charge >= 0.3 is 0 Å². The molecule has 1 aliphatic heterocycles. The molecule has 0 aromatic heterocycles. The summed E-state index contributed by atoms with van der Waals surface area (Å²) in [6.07, 6.45) is -1.70. The molecule has 2 rings (SSSR count). The summed E-state index contributed by atoms with van der Waals surface area (Å²) in [6.45, 7) is 5.13. The van der Waals surface area contributed by atoms with Gasteiger partial charge in [-0.15, -0.1) is 0 Å². The summed E-state index contributed by atoms with van der Waals surface area (Å²) in [5.74, 6) is 0.0965. The molecule has 2 fully saturated rings. The maximum atomic E-state index is 12.4. The monoisotopic (exact) mass is 276 g/mol. The van der Waals surface area contributed by atoms with E-state index in [1.165, 1.54) is 0 Å². The first-order chi connectivity index (χ1) is 9.20. The highest BCUT2D eigenvalue weighted by Crippen LogP contribution is 2.35. The van der Waals surface area contributed by atoms with Crippen molar-refractivity contribution in [2.75, 3.05) is 46.4 Å². The van der Waals surface area contributed by atoms with E-state index in [9.17, 15) is 8.78 Å². The summed E-state index contributed by atoms with van der Waals surface area (Å²) < 4.78 is 30.1. The SMILES string of the molecule is CN=C(NCCN1CCOCC1)N[C@H]1C[C@@H]1C(F)F. The molecular weight excluding hydrogens is 254 g/mol. The van der Waals surface area contributed by atoms with Crippen LogP contribution in [0.2, 0.25) is 0 Å². The Hall–Kier alpha value is -0.950. The molecule has 0 unspecified atom stereocenters. The Morgan fingerprint density at radius 2 is 2.16 bits per heavy atom. The fraction of sp³-hybridized carbons (Fsp3) is 0.917. The highest BCUT2D eigenvalue weighted by molar-refractivity contribution is 5.80. The second-order valence-corrected chi connectivity index (χ2v) is 4.94. The molecule has 2 aliphatic rings. The van der Waals surface area contributed by atoms with Gasteiger partial charge in [0.25, 0.3) is 0 Å². The van der Waals surface area contributed by atoms with E-state index in [1.807, 2.05) is 0 Å². The first-order valence-electron chi connectivity index (χ1n) is 6.76. The average molecular weight is 276 g/mol. The van der Waals surface area contributed by atoms with Gasteiger partial charge < -0.3 is 15.4 Å². The van der Waals surface area contributed by atoms with E-state index < -0.39 is 12.3 Å². The second-order valence-electron chi connectivity index (χ2n) is 4.94. The van der Waals surface area contributed by atoms with Crippen LogP contribution in [0.3, 0.4) is 0 Å². The van der Waals surface area contributed by atoms with Crippen LogP contribution in [0.1, 0.15) is 6.42 Å². The van der Waals surface area contributed by atoms with E-state index in [0.29, 0.717) is 12.4 Å². The first-order valence-corrected chi connectivity index (χ1v) is 6.76. The number of rotatable bonds is 5. The van der Waals surface area contributed by atoms with Crippen LogP contribution in [-0.4, -0.2) is 69.8 Å². The molecule has 0 spiro atoms. The number of ether oxygens (including phenoxy) is 1. The Labute approximate surface area is 112 Å². The maximum absolute atomic E-state index is 12.4. The smallest absolute Gasteiger partial charge is 0.243 e. The zero-order valence-corrected chi connectivity index (χ0v) is 11.2. The third-order valence-electron chi connectivity index (χ3n) is 3.53. The van der Waals surface area contributed by atoms with Crippen molar-refractivity contribution in [1.29, 1.82) is 0 Å². The van der Waals surface area contributed by atoms with Gasteiger partial charge in [-0.05, 0) is 6.42 Å². The number of hydrogen-bond donors (Lipinski definition) is 2. The molecular formula is C12H22F2N4O. The molecule has 0 aromatic carbocycles. The molecule has 1 saturated carbocycles. The third-order valence-corrected chi connectivity index (χ3v) is 3.53. The second kappa shape index (κ2) is 7.00. The van der Waals surface area contributed by atoms with Crippen molar-refractivity contribution in [2.24, 2.45) is 10.9 Å². The van der Waals surface area contributed by atoms with E-state index in [2.05, 4.69) is 20.5 Å². The minimum absolute atomic E-state index is 0.130. The lowest BCUT2D eigenvalue weighted by Crippen LogP contribution is -2.45. The Kier molecular flexibility index (Phi) is 5.33. The lowest BCUT2D eigenvalue weighted by Gasteiger charge is -2.26. The summed E-state index contributed by atoms with van der Waals surface area (Å²) in [7, 11) is 1.66. The summed E-state index contributed by atoms with van der Waals surface area (Å²) >= 11 is 0. The van der Waals surface area contributed by atoms with E-state index >= 15 is 0 Å². The molecule has 5 nitrogen and oxygen atoms in total. The summed E-state index contributed by atoms with van der Waals surface area (Å²) in [5, 5.41) is 6.18. The molecule has 0 radical (unpaired) electrons. The molecule has 2 atom stereocenters. The van der Waals surface area contributed by atoms with Crippen LogP contribution in [-0.2, 0) is 4.74 Å². The average Bonchev–Trinajstić information content (AvgIpc) is 3.18. The number of guanidine groups is 1. The highest BCUT2D eigenvalue weighted by atomic mass is 19.3. The Bertz CT molecular complexity index is 308. The van der Waals surface area contributed by atoms with E-state index in [1.54, 1.807) is 7.05 Å². The van der Waals surface area contributed by atoms with Gasteiger partial charge in [-0.3, -0.25) is 9.89 Å². The Morgan fingerprint density at radius 1 is 1.42 bits per heavy atom. The molecule has 0 amide bonds. The number of hydrogen-bond acceptors (Lipinski definition) is 3. The molecule has 19 heavy (non-hydrogen) atoms. The minimum atomic E-state index is -2.23. The predicted molar refractivity (Wildman–Crippen MR) is 69.7 cm³/mol. The number of nitrogens with zero attached hydrogens (tertiary/aromatic N) is 2. The van der Waals surface area contributed by atoms with Crippen LogP contribution >= 0.6 is 0 Å². The predicted octanol–water partition coefficient (Wildman–Crippen LogP) is 0.137. The van der Waals surface area contributed by atoms with Crippen LogP contribution in [0, 0.1) is 5.92 Å². The van der Waals surface area contributed by atoms with Gasteiger partial charge in [0.2, 0.25) is 6.43 Å². The standard InChI is InChI=1S/C12H22F2N4O/c1-15-12(17-10-8-9(10)11(13)14)16-2-3-18-4-6-19-7-5-18/h9-11H,2-8H2,1H3,(H2,15,16,17)/t9-,10-/m0/s1. The van der Waals surface area contributed by atoms with Gasteiger partial charge in [0.05, 0.1) is 13.2 Å². The number of nitrogens with one attached hydrogen (secondary N) is 2. The van der Waals surface area contributed by atoms with Gasteiger partial charge in [-0.2, -0.15) is 0 Å². The number of aliphatic imine (C=N–C) groups is 1. The quantitative estimate of drug-likeness (QED) is 0.554. The largest absolute Gasteiger partial charge is 0.379 e. The fourth-order valence-electron chi connectivity index (χ4n) is 2.19. The van der Waals surface area contributed by atoms with Crippen LogP contribution in [0.5, 0.6) is 0 Å². The van der Waals surface area contributed by atoms with Crippen molar-refractivity contribution in [2.45, 2.75) is 18.9 Å². The van der Waals surface area contributed by atoms with Crippen molar-refractivity contribution in [3.05, 3.63) is 0 Å². The molecule has 1 saturated heterocycles. The van der Waals surface area contributed by atoms with Gasteiger partial charge in [-0.1, -0.05) is 0 Å². The Morgan fingerprint density at radius 3 is 2.74 bits per heavy atom. The summed E-state index contributed by atoms with van der Waals surface area (Å²) in [5.41, 5.74) is 0. The van der Waals surface area contributed by atoms with Crippen LogP contribution in [0.25, 0.3) is 0 Å². The van der Waals surface area contributed by atoms with E-state index in [-0.39, 0.29) is 6.04 Å². The first kappa shape index (κ1) is 14.5. The van der Waals surface area contributed by atoms with Crippen LogP contribution in [0.15, 0.2) is 4.99 Å². The van der Waals surface area contributed by atoms with Gasteiger partial charge in [-0.25, -0.2) is 8.78 Å². The van der Waals surface area contributed by atoms with Gasteiger partial charge in [0, 0.05) is 45.2 Å². The molecule has 1 aliphatic carbocycles. The fourth-order valence-corrected chi connectivity index (χ4v) is 2.19. The number of morpholine rings is 1. The lowest BCUT2D eigenvalue weighted by atomic mass is 10.4. The molecule has 7 heteroatoms. The summed E-state index contributed by atoms with van der Waals surface area (Å²) in [4.78, 5) is 6.36. The topological polar surface area (TPSA) is 48.9 Å². The number of halogens is 2. The van der Waals surface area contributed by atoms with Crippen LogP contribution in [0.4, 0.5) is 8.78 Å². The number of alkyl halides is 2. The maximum Gasteiger partial charge on any atom is 0.243 e. The van der Waals surface area contributed by atoms with E-state index in [4.69, 9.17) is 4.74 Å². The van der Waals surface area contributed by atoms with Gasteiger partial charge in [0.15, 0.2) is 5.96 Å². The van der Waals surface area contributed by atoms with Crippen molar-refractivity contribution in [3.63, 3.8) is 0 Å². The van der Waals surface area contributed by atoms with E-state index in [0.717, 1.165) is 39.4 Å².